The smallest absolute Gasteiger partial charge is 0.261 e. The molecule has 3 rings (SSSR count). The van der Waals surface area contributed by atoms with Crippen LogP contribution in [0.2, 0.25) is 0 Å². The fourth-order valence-electron chi connectivity index (χ4n) is 2.89. The minimum absolute atomic E-state index is 0.154. The highest BCUT2D eigenvalue weighted by Crippen LogP contribution is 2.23. The maximum absolute atomic E-state index is 12.2. The summed E-state index contributed by atoms with van der Waals surface area (Å²) in [5, 5.41) is 2.89. The quantitative estimate of drug-likeness (QED) is 0.838. The van der Waals surface area contributed by atoms with E-state index in [9.17, 15) is 4.79 Å². The first-order valence-electron chi connectivity index (χ1n) is 8.82. The largest absolute Gasteiger partial charge is 0.481 e. The molecule has 5 heteroatoms. The summed E-state index contributed by atoms with van der Waals surface area (Å²) in [7, 11) is 0. The highest BCUT2D eigenvalue weighted by molar-refractivity contribution is 5.80. The minimum atomic E-state index is -0.557. The molecule has 1 aromatic heterocycles. The van der Waals surface area contributed by atoms with Gasteiger partial charge in [-0.15, -0.1) is 0 Å². The molecule has 1 aromatic carbocycles. The fourth-order valence-corrected chi connectivity index (χ4v) is 2.89. The van der Waals surface area contributed by atoms with Gasteiger partial charge in [-0.05, 0) is 56.4 Å². The average molecular weight is 340 g/mol. The molecule has 0 spiro atoms. The van der Waals surface area contributed by atoms with Crippen molar-refractivity contribution >= 4 is 5.91 Å². The van der Waals surface area contributed by atoms with Gasteiger partial charge in [0.2, 0.25) is 5.88 Å². The van der Waals surface area contributed by atoms with Crippen LogP contribution in [0.3, 0.4) is 0 Å². The van der Waals surface area contributed by atoms with E-state index >= 15 is 0 Å². The van der Waals surface area contributed by atoms with Gasteiger partial charge in [0.25, 0.3) is 5.91 Å². The summed E-state index contributed by atoms with van der Waals surface area (Å²) in [6.07, 6.45) is 6.07. The predicted octanol–water partition coefficient (Wildman–Crippen LogP) is 3.49. The number of benzene rings is 1. The molecule has 0 saturated heterocycles. The maximum Gasteiger partial charge on any atom is 0.261 e. The van der Waals surface area contributed by atoms with Crippen molar-refractivity contribution in [2.75, 3.05) is 0 Å². The summed E-state index contributed by atoms with van der Waals surface area (Å²) < 4.78 is 11.5. The SMILES string of the molecule is CC(Oc1ccccc1)C(=O)NCc1ccnc(OC2CCCC2)c1. The van der Waals surface area contributed by atoms with Gasteiger partial charge in [0.05, 0.1) is 0 Å². The van der Waals surface area contributed by atoms with E-state index in [2.05, 4.69) is 10.3 Å². The van der Waals surface area contributed by atoms with Crippen molar-refractivity contribution in [3.63, 3.8) is 0 Å². The molecule has 1 aliphatic carbocycles. The Balaban J connectivity index is 1.49. The van der Waals surface area contributed by atoms with Gasteiger partial charge in [-0.3, -0.25) is 4.79 Å². The summed E-state index contributed by atoms with van der Waals surface area (Å²) >= 11 is 0. The second kappa shape index (κ2) is 8.51. The molecule has 1 amide bonds. The average Bonchev–Trinajstić information content (AvgIpc) is 3.14. The van der Waals surface area contributed by atoms with Crippen LogP contribution in [-0.2, 0) is 11.3 Å². The van der Waals surface area contributed by atoms with Gasteiger partial charge in [-0.2, -0.15) is 0 Å². The predicted molar refractivity (Wildman–Crippen MR) is 95.5 cm³/mol. The minimum Gasteiger partial charge on any atom is -0.481 e. The van der Waals surface area contributed by atoms with Gasteiger partial charge in [0, 0.05) is 18.8 Å². The number of carbonyl (C=O) groups is 1. The fraction of sp³-hybridized carbons (Fsp3) is 0.400. The van der Waals surface area contributed by atoms with Crippen LogP contribution in [0.4, 0.5) is 0 Å². The first-order chi connectivity index (χ1) is 12.2. The first-order valence-corrected chi connectivity index (χ1v) is 8.82. The molecule has 5 nitrogen and oxygen atoms in total. The van der Waals surface area contributed by atoms with Gasteiger partial charge in [0.15, 0.2) is 6.10 Å². The normalized spacial score (nSPS) is 15.6. The molecular formula is C20H24N2O3. The number of ether oxygens (including phenoxy) is 2. The highest BCUT2D eigenvalue weighted by Gasteiger charge is 2.17. The molecule has 132 valence electrons. The van der Waals surface area contributed by atoms with Gasteiger partial charge < -0.3 is 14.8 Å². The topological polar surface area (TPSA) is 60.5 Å². The summed E-state index contributed by atoms with van der Waals surface area (Å²) in [5.41, 5.74) is 0.961. The molecule has 1 N–H and O–H groups in total. The molecule has 1 fully saturated rings. The van der Waals surface area contributed by atoms with E-state index in [1.165, 1.54) is 12.8 Å². The van der Waals surface area contributed by atoms with Gasteiger partial charge >= 0.3 is 0 Å². The zero-order valence-corrected chi connectivity index (χ0v) is 14.5. The number of aromatic nitrogens is 1. The monoisotopic (exact) mass is 340 g/mol. The number of carbonyl (C=O) groups excluding carboxylic acids is 1. The molecule has 1 atom stereocenters. The van der Waals surface area contributed by atoms with Gasteiger partial charge in [-0.25, -0.2) is 4.98 Å². The third-order valence-electron chi connectivity index (χ3n) is 4.28. The molecule has 0 bridgehead atoms. The standard InChI is InChI=1S/C20H24N2O3/c1-15(24-17-7-3-2-4-8-17)20(23)22-14-16-11-12-21-19(13-16)25-18-9-5-6-10-18/h2-4,7-8,11-13,15,18H,5-6,9-10,14H2,1H3,(H,22,23). The zero-order chi connectivity index (χ0) is 17.5. The van der Waals surface area contributed by atoms with Crippen LogP contribution in [0, 0.1) is 0 Å². The van der Waals surface area contributed by atoms with Crippen molar-refractivity contribution in [2.45, 2.75) is 51.4 Å². The van der Waals surface area contributed by atoms with Crippen molar-refractivity contribution in [2.24, 2.45) is 0 Å². The summed E-state index contributed by atoms with van der Waals surface area (Å²) in [4.78, 5) is 16.5. The lowest BCUT2D eigenvalue weighted by Crippen LogP contribution is -2.35. The van der Waals surface area contributed by atoms with Crippen molar-refractivity contribution in [1.29, 1.82) is 0 Å². The lowest BCUT2D eigenvalue weighted by molar-refractivity contribution is -0.127. The van der Waals surface area contributed by atoms with Crippen molar-refractivity contribution in [3.8, 4) is 11.6 Å². The lowest BCUT2D eigenvalue weighted by atomic mass is 10.2. The molecule has 1 unspecified atom stereocenters. The van der Waals surface area contributed by atoms with Crippen LogP contribution >= 0.6 is 0 Å². The third-order valence-corrected chi connectivity index (χ3v) is 4.28. The van der Waals surface area contributed by atoms with E-state index in [1.54, 1.807) is 13.1 Å². The summed E-state index contributed by atoms with van der Waals surface area (Å²) in [6, 6.07) is 13.1. The number of para-hydroxylation sites is 1. The Morgan fingerprint density at radius 2 is 2.00 bits per heavy atom. The van der Waals surface area contributed by atoms with Crippen LogP contribution in [-0.4, -0.2) is 23.1 Å². The van der Waals surface area contributed by atoms with E-state index in [0.29, 0.717) is 18.2 Å². The van der Waals surface area contributed by atoms with E-state index in [-0.39, 0.29) is 12.0 Å². The number of pyridine rings is 1. The lowest BCUT2D eigenvalue weighted by Gasteiger charge is -2.15. The number of nitrogens with zero attached hydrogens (tertiary/aromatic N) is 1. The maximum atomic E-state index is 12.2. The Bertz CT molecular complexity index is 684. The molecule has 1 heterocycles. The summed E-state index contributed by atoms with van der Waals surface area (Å²) in [6.45, 7) is 2.16. The Morgan fingerprint density at radius 3 is 2.76 bits per heavy atom. The Kier molecular flexibility index (Phi) is 5.88. The second-order valence-electron chi connectivity index (χ2n) is 6.32. The van der Waals surface area contributed by atoms with Gasteiger partial charge in [-0.1, -0.05) is 18.2 Å². The van der Waals surface area contributed by atoms with Crippen LogP contribution < -0.4 is 14.8 Å². The van der Waals surface area contributed by atoms with Crippen molar-refractivity contribution in [1.82, 2.24) is 10.3 Å². The summed E-state index contributed by atoms with van der Waals surface area (Å²) in [5.74, 6) is 1.16. The molecule has 0 aliphatic heterocycles. The van der Waals surface area contributed by atoms with E-state index in [0.717, 1.165) is 18.4 Å². The Labute approximate surface area is 148 Å². The van der Waals surface area contributed by atoms with Crippen LogP contribution in [0.25, 0.3) is 0 Å². The zero-order valence-electron chi connectivity index (χ0n) is 14.5. The van der Waals surface area contributed by atoms with Crippen molar-refractivity contribution in [3.05, 3.63) is 54.2 Å². The second-order valence-corrected chi connectivity index (χ2v) is 6.32. The molecule has 0 radical (unpaired) electrons. The Hall–Kier alpha value is -2.56. The highest BCUT2D eigenvalue weighted by atomic mass is 16.5. The number of hydrogen-bond acceptors (Lipinski definition) is 4. The van der Waals surface area contributed by atoms with Crippen molar-refractivity contribution < 1.29 is 14.3 Å². The molecular weight excluding hydrogens is 316 g/mol. The van der Waals surface area contributed by atoms with Gasteiger partial charge in [0.1, 0.15) is 11.9 Å². The molecule has 25 heavy (non-hydrogen) atoms. The number of nitrogens with one attached hydrogen (secondary N) is 1. The van der Waals surface area contributed by atoms with Crippen LogP contribution in [0.5, 0.6) is 11.6 Å². The third kappa shape index (κ3) is 5.21. The number of rotatable bonds is 7. The van der Waals surface area contributed by atoms with E-state index in [4.69, 9.17) is 9.47 Å². The molecule has 1 saturated carbocycles. The molecule has 1 aliphatic rings. The van der Waals surface area contributed by atoms with E-state index < -0.39 is 6.10 Å². The Morgan fingerprint density at radius 1 is 1.24 bits per heavy atom. The number of amides is 1. The van der Waals surface area contributed by atoms with Crippen LogP contribution in [0.15, 0.2) is 48.7 Å². The molecule has 2 aromatic rings. The first kappa shape index (κ1) is 17.3. The van der Waals surface area contributed by atoms with E-state index in [1.807, 2.05) is 42.5 Å². The van der Waals surface area contributed by atoms with Crippen LogP contribution in [0.1, 0.15) is 38.2 Å². The number of hydrogen-bond donors (Lipinski definition) is 1.